The fourth-order valence-electron chi connectivity index (χ4n) is 2.10. The van der Waals surface area contributed by atoms with Crippen LogP contribution in [0.25, 0.3) is 17.1 Å². The van der Waals surface area contributed by atoms with E-state index in [1.54, 1.807) is 6.08 Å². The van der Waals surface area contributed by atoms with Crippen LogP contribution in [0.15, 0.2) is 60.9 Å². The van der Waals surface area contributed by atoms with Gasteiger partial charge in [-0.15, -0.1) is 0 Å². The Kier molecular flexibility index (Phi) is 3.49. The van der Waals surface area contributed by atoms with Crippen LogP contribution < -0.4 is 0 Å². The summed E-state index contributed by atoms with van der Waals surface area (Å²) in [7, 11) is 0. The maximum absolute atomic E-state index is 12.2. The fourth-order valence-corrected chi connectivity index (χ4v) is 2.10. The zero-order valence-electron chi connectivity index (χ0n) is 11.4. The monoisotopic (exact) mass is 293 g/mol. The number of fused-ring (bicyclic) bond motifs is 1. The van der Waals surface area contributed by atoms with Crippen molar-refractivity contribution in [1.82, 2.24) is 9.55 Å². The van der Waals surface area contributed by atoms with Crippen LogP contribution in [0.1, 0.15) is 10.4 Å². The fraction of sp³-hybridized carbons (Fsp3) is 0. The van der Waals surface area contributed by atoms with Crippen molar-refractivity contribution in [1.29, 1.82) is 0 Å². The number of nitro benzene ring substituents is 1. The molecule has 2 aromatic carbocycles. The average molecular weight is 293 g/mol. The smallest absolute Gasteiger partial charge is 0.269 e. The molecule has 0 bridgehead atoms. The van der Waals surface area contributed by atoms with Crippen LogP contribution in [0.5, 0.6) is 0 Å². The van der Waals surface area contributed by atoms with Gasteiger partial charge in [-0.1, -0.05) is 30.3 Å². The average Bonchev–Trinajstić information content (AvgIpc) is 2.96. The molecule has 0 amide bonds. The topological polar surface area (TPSA) is 78.0 Å². The number of benzene rings is 2. The van der Waals surface area contributed by atoms with E-state index >= 15 is 0 Å². The van der Waals surface area contributed by atoms with E-state index in [9.17, 15) is 14.9 Å². The number of allylic oxidation sites excluding steroid dienone is 1. The number of rotatable bonds is 3. The molecular weight excluding hydrogens is 282 g/mol. The summed E-state index contributed by atoms with van der Waals surface area (Å²) in [4.78, 5) is 26.7. The van der Waals surface area contributed by atoms with Gasteiger partial charge < -0.3 is 0 Å². The Hall–Kier alpha value is -3.28. The Morgan fingerprint density at radius 1 is 1.18 bits per heavy atom. The van der Waals surface area contributed by atoms with Gasteiger partial charge in [0.15, 0.2) is 0 Å². The van der Waals surface area contributed by atoms with Crippen LogP contribution in [-0.4, -0.2) is 20.4 Å². The second-order valence-electron chi connectivity index (χ2n) is 4.63. The summed E-state index contributed by atoms with van der Waals surface area (Å²) in [5, 5.41) is 10.8. The number of hydrogen-bond acceptors (Lipinski definition) is 4. The Morgan fingerprint density at radius 2 is 1.95 bits per heavy atom. The Labute approximate surface area is 125 Å². The van der Waals surface area contributed by atoms with E-state index in [1.807, 2.05) is 30.3 Å². The highest BCUT2D eigenvalue weighted by Crippen LogP contribution is 2.20. The Balaban J connectivity index is 1.95. The van der Waals surface area contributed by atoms with Crippen molar-refractivity contribution in [3.05, 3.63) is 76.6 Å². The van der Waals surface area contributed by atoms with E-state index in [4.69, 9.17) is 0 Å². The molecule has 22 heavy (non-hydrogen) atoms. The minimum atomic E-state index is -0.499. The maximum atomic E-state index is 12.2. The largest absolute Gasteiger partial charge is 0.271 e. The van der Waals surface area contributed by atoms with E-state index < -0.39 is 4.92 Å². The second-order valence-corrected chi connectivity index (χ2v) is 4.63. The van der Waals surface area contributed by atoms with Gasteiger partial charge in [-0.3, -0.25) is 19.5 Å². The summed E-state index contributed by atoms with van der Waals surface area (Å²) in [6.45, 7) is 0. The predicted octanol–water partition coefficient (Wildman–Crippen LogP) is 3.30. The van der Waals surface area contributed by atoms with Gasteiger partial charge in [0.25, 0.3) is 11.6 Å². The molecule has 0 aliphatic heterocycles. The van der Waals surface area contributed by atoms with E-state index in [0.717, 1.165) is 5.56 Å². The standard InChI is InChI=1S/C16H11N3O3/c20-16(9-6-12-4-2-1-3-5-12)18-11-17-14-8-7-13(19(21)22)10-15(14)18/h1-11H/b9-6+. The molecule has 0 unspecified atom stereocenters. The third-order valence-corrected chi connectivity index (χ3v) is 3.20. The van der Waals surface area contributed by atoms with Crippen molar-refractivity contribution >= 4 is 28.7 Å². The Bertz CT molecular complexity index is 882. The molecule has 0 N–H and O–H groups in total. The normalized spacial score (nSPS) is 11.1. The molecule has 0 radical (unpaired) electrons. The van der Waals surface area contributed by atoms with E-state index in [2.05, 4.69) is 4.98 Å². The van der Waals surface area contributed by atoms with Gasteiger partial charge in [-0.2, -0.15) is 0 Å². The number of carbonyl (C=O) groups is 1. The number of carbonyl (C=O) groups excluding carboxylic acids is 1. The van der Waals surface area contributed by atoms with Gasteiger partial charge >= 0.3 is 0 Å². The molecule has 0 fully saturated rings. The van der Waals surface area contributed by atoms with Crippen molar-refractivity contribution in [3.63, 3.8) is 0 Å². The summed E-state index contributed by atoms with van der Waals surface area (Å²) in [5.74, 6) is -0.313. The van der Waals surface area contributed by atoms with Gasteiger partial charge in [0, 0.05) is 18.2 Å². The lowest BCUT2D eigenvalue weighted by atomic mass is 10.2. The molecule has 0 aliphatic carbocycles. The molecule has 0 aliphatic rings. The van der Waals surface area contributed by atoms with Crippen LogP contribution in [-0.2, 0) is 0 Å². The zero-order valence-corrected chi connectivity index (χ0v) is 11.4. The quantitative estimate of drug-likeness (QED) is 0.421. The summed E-state index contributed by atoms with van der Waals surface area (Å²) in [5.41, 5.74) is 1.77. The van der Waals surface area contributed by atoms with Crippen molar-refractivity contribution in [2.45, 2.75) is 0 Å². The molecule has 1 heterocycles. The Morgan fingerprint density at radius 3 is 2.68 bits per heavy atom. The van der Waals surface area contributed by atoms with Gasteiger partial charge in [-0.25, -0.2) is 4.98 Å². The van der Waals surface area contributed by atoms with Gasteiger partial charge in [-0.05, 0) is 17.7 Å². The van der Waals surface area contributed by atoms with Crippen LogP contribution in [0.3, 0.4) is 0 Å². The lowest BCUT2D eigenvalue weighted by Gasteiger charge is -1.99. The SMILES string of the molecule is O=C(/C=C/c1ccccc1)n1cnc2ccc([N+](=O)[O-])cc21. The minimum Gasteiger partial charge on any atom is -0.269 e. The zero-order chi connectivity index (χ0) is 15.5. The molecule has 3 rings (SSSR count). The molecule has 1 aromatic heterocycles. The van der Waals surface area contributed by atoms with Crippen molar-refractivity contribution in [3.8, 4) is 0 Å². The highest BCUT2D eigenvalue weighted by molar-refractivity contribution is 5.99. The van der Waals surface area contributed by atoms with Crippen LogP contribution in [0.4, 0.5) is 5.69 Å². The number of nitrogens with zero attached hydrogens (tertiary/aromatic N) is 3. The lowest BCUT2D eigenvalue weighted by molar-refractivity contribution is -0.384. The highest BCUT2D eigenvalue weighted by Gasteiger charge is 2.12. The summed E-state index contributed by atoms with van der Waals surface area (Å²) in [6.07, 6.45) is 4.47. The third kappa shape index (κ3) is 2.62. The molecule has 6 nitrogen and oxygen atoms in total. The van der Waals surface area contributed by atoms with E-state index in [-0.39, 0.29) is 11.6 Å². The first kappa shape index (κ1) is 13.7. The van der Waals surface area contributed by atoms with Crippen LogP contribution in [0, 0.1) is 10.1 Å². The van der Waals surface area contributed by atoms with E-state index in [1.165, 1.54) is 35.2 Å². The van der Waals surface area contributed by atoms with Gasteiger partial charge in [0.05, 0.1) is 16.0 Å². The molecular formula is C16H11N3O3. The molecule has 0 saturated carbocycles. The molecule has 6 heteroatoms. The molecule has 3 aromatic rings. The first-order valence-corrected chi connectivity index (χ1v) is 6.54. The van der Waals surface area contributed by atoms with Crippen molar-refractivity contribution in [2.24, 2.45) is 0 Å². The maximum Gasteiger partial charge on any atom is 0.271 e. The first-order valence-electron chi connectivity index (χ1n) is 6.54. The second kappa shape index (κ2) is 5.61. The number of imidazole rings is 1. The summed E-state index contributed by atoms with van der Waals surface area (Å²) >= 11 is 0. The molecule has 0 atom stereocenters. The van der Waals surface area contributed by atoms with E-state index in [0.29, 0.717) is 11.0 Å². The minimum absolute atomic E-state index is 0.0749. The van der Waals surface area contributed by atoms with Crippen molar-refractivity contribution in [2.75, 3.05) is 0 Å². The number of nitro groups is 1. The number of non-ortho nitro benzene ring substituents is 1. The first-order chi connectivity index (χ1) is 10.6. The third-order valence-electron chi connectivity index (χ3n) is 3.20. The predicted molar refractivity (Wildman–Crippen MR) is 82.5 cm³/mol. The molecule has 0 spiro atoms. The lowest BCUT2D eigenvalue weighted by Crippen LogP contribution is -2.05. The van der Waals surface area contributed by atoms with Crippen molar-refractivity contribution < 1.29 is 9.72 Å². The van der Waals surface area contributed by atoms with Crippen LogP contribution >= 0.6 is 0 Å². The van der Waals surface area contributed by atoms with Gasteiger partial charge in [0.1, 0.15) is 6.33 Å². The summed E-state index contributed by atoms with van der Waals surface area (Å²) < 4.78 is 1.29. The number of hydrogen-bond donors (Lipinski definition) is 0. The summed E-state index contributed by atoms with van der Waals surface area (Å²) in [6, 6.07) is 13.6. The van der Waals surface area contributed by atoms with Crippen LogP contribution in [0.2, 0.25) is 0 Å². The number of aromatic nitrogens is 2. The molecule has 108 valence electrons. The highest BCUT2D eigenvalue weighted by atomic mass is 16.6. The van der Waals surface area contributed by atoms with Gasteiger partial charge in [0.2, 0.25) is 0 Å². The molecule has 0 saturated heterocycles.